The number of nitrogens with zero attached hydrogens (tertiary/aromatic N) is 3. The fraction of sp³-hybridized carbons (Fsp3) is 0.476. The first kappa shape index (κ1) is 22.7. The van der Waals surface area contributed by atoms with Gasteiger partial charge in [-0.3, -0.25) is 14.8 Å². The topological polar surface area (TPSA) is 115 Å². The number of hydrogen-bond donors (Lipinski definition) is 4. The van der Waals surface area contributed by atoms with Crippen LogP contribution in [0.15, 0.2) is 30.5 Å². The van der Waals surface area contributed by atoms with Crippen LogP contribution in [0, 0.1) is 0 Å². The third-order valence-electron chi connectivity index (χ3n) is 5.14. The summed E-state index contributed by atoms with van der Waals surface area (Å²) < 4.78 is 4.94. The number of carbonyl (C=O) groups is 2. The zero-order valence-electron chi connectivity index (χ0n) is 18.1. The molecule has 0 aliphatic carbocycles. The number of methoxy groups -OCH3 is 1. The number of urea groups is 1. The summed E-state index contributed by atoms with van der Waals surface area (Å²) >= 11 is 0. The molecule has 2 aromatic rings. The van der Waals surface area contributed by atoms with Gasteiger partial charge in [-0.1, -0.05) is 12.1 Å². The first-order chi connectivity index (χ1) is 15.0. The third kappa shape index (κ3) is 7.06. The van der Waals surface area contributed by atoms with Gasteiger partial charge < -0.3 is 25.6 Å². The molecule has 0 atom stereocenters. The minimum atomic E-state index is -0.403. The Morgan fingerprint density at radius 3 is 2.58 bits per heavy atom. The van der Waals surface area contributed by atoms with Crippen LogP contribution in [-0.2, 0) is 11.3 Å². The quantitative estimate of drug-likeness (QED) is 0.450. The van der Waals surface area contributed by atoms with Gasteiger partial charge in [0.25, 0.3) is 5.91 Å². The minimum Gasteiger partial charge on any atom is -0.385 e. The Balaban J connectivity index is 1.50. The van der Waals surface area contributed by atoms with Crippen molar-refractivity contribution in [2.24, 2.45) is 0 Å². The van der Waals surface area contributed by atoms with Gasteiger partial charge in [-0.25, -0.2) is 4.79 Å². The van der Waals surface area contributed by atoms with E-state index in [4.69, 9.17) is 4.74 Å². The molecule has 10 nitrogen and oxygen atoms in total. The van der Waals surface area contributed by atoms with E-state index in [1.165, 1.54) is 11.8 Å². The summed E-state index contributed by atoms with van der Waals surface area (Å²) in [6.45, 7) is 6.22. The molecule has 3 amide bonds. The Morgan fingerprint density at radius 1 is 1.13 bits per heavy atom. The van der Waals surface area contributed by atoms with Crippen LogP contribution in [-0.4, -0.2) is 85.4 Å². The van der Waals surface area contributed by atoms with Crippen molar-refractivity contribution in [1.82, 2.24) is 25.3 Å². The Morgan fingerprint density at radius 2 is 1.87 bits per heavy atom. The van der Waals surface area contributed by atoms with E-state index in [-0.39, 0.29) is 11.6 Å². The van der Waals surface area contributed by atoms with Crippen molar-refractivity contribution >= 4 is 23.3 Å². The molecule has 0 bridgehead atoms. The van der Waals surface area contributed by atoms with Crippen LogP contribution in [0.4, 0.5) is 16.2 Å². The maximum Gasteiger partial charge on any atom is 0.319 e. The largest absolute Gasteiger partial charge is 0.385 e. The smallest absolute Gasteiger partial charge is 0.319 e. The van der Waals surface area contributed by atoms with E-state index in [0.717, 1.165) is 32.7 Å². The molecule has 1 aromatic heterocycles. The zero-order chi connectivity index (χ0) is 22.1. The van der Waals surface area contributed by atoms with E-state index >= 15 is 0 Å². The van der Waals surface area contributed by atoms with Gasteiger partial charge in [0.2, 0.25) is 0 Å². The number of hydrogen-bond acceptors (Lipinski definition) is 6. The molecule has 0 radical (unpaired) electrons. The monoisotopic (exact) mass is 429 g/mol. The lowest BCUT2D eigenvalue weighted by Gasteiger charge is -2.32. The number of H-pyrrole nitrogens is 1. The van der Waals surface area contributed by atoms with Crippen molar-refractivity contribution in [3.63, 3.8) is 0 Å². The number of amides is 3. The van der Waals surface area contributed by atoms with Crippen molar-refractivity contribution < 1.29 is 14.3 Å². The zero-order valence-corrected chi connectivity index (χ0v) is 18.1. The molecule has 1 saturated heterocycles. The lowest BCUT2D eigenvalue weighted by Crippen LogP contribution is -2.43. The highest BCUT2D eigenvalue weighted by Crippen LogP contribution is 2.16. The number of rotatable bonds is 9. The molecule has 0 unspecified atom stereocenters. The molecule has 0 spiro atoms. The van der Waals surface area contributed by atoms with E-state index in [1.54, 1.807) is 7.11 Å². The first-order valence-electron chi connectivity index (χ1n) is 10.4. The van der Waals surface area contributed by atoms with Gasteiger partial charge in [0, 0.05) is 58.7 Å². The van der Waals surface area contributed by atoms with Crippen molar-refractivity contribution in [3.05, 3.63) is 41.7 Å². The Hall–Kier alpha value is -2.95. The van der Waals surface area contributed by atoms with Crippen molar-refractivity contribution in [2.45, 2.75) is 13.0 Å². The Bertz CT molecular complexity index is 845. The number of nitrogens with one attached hydrogen (secondary N) is 4. The second-order valence-electron chi connectivity index (χ2n) is 7.62. The lowest BCUT2D eigenvalue weighted by atomic mass is 10.1. The van der Waals surface area contributed by atoms with E-state index in [2.05, 4.69) is 43.0 Å². The molecule has 1 aliphatic rings. The lowest BCUT2D eigenvalue weighted by molar-refractivity contribution is 0.102. The summed E-state index contributed by atoms with van der Waals surface area (Å²) in [5.41, 5.74) is 2.38. The van der Waals surface area contributed by atoms with Crippen LogP contribution in [0.25, 0.3) is 0 Å². The summed E-state index contributed by atoms with van der Waals surface area (Å²) in [5, 5.41) is 14.7. The summed E-state index contributed by atoms with van der Waals surface area (Å²) in [4.78, 5) is 29.4. The number of likely N-dealkylation sites (N-methyl/N-ethyl adjacent to an activating group) is 1. The van der Waals surface area contributed by atoms with E-state index in [1.807, 2.05) is 24.3 Å². The first-order valence-corrected chi connectivity index (χ1v) is 10.4. The van der Waals surface area contributed by atoms with Gasteiger partial charge in [0.1, 0.15) is 5.69 Å². The van der Waals surface area contributed by atoms with Crippen LogP contribution < -0.4 is 16.0 Å². The Kier molecular flexibility index (Phi) is 8.39. The van der Waals surface area contributed by atoms with Gasteiger partial charge in [0.05, 0.1) is 11.9 Å². The normalized spacial score (nSPS) is 14.9. The number of aromatic nitrogens is 2. The molecule has 3 rings (SSSR count). The highest BCUT2D eigenvalue weighted by atomic mass is 16.5. The molecule has 1 aromatic carbocycles. The fourth-order valence-electron chi connectivity index (χ4n) is 3.29. The van der Waals surface area contributed by atoms with Gasteiger partial charge in [-0.05, 0) is 31.2 Å². The van der Waals surface area contributed by atoms with E-state index in [0.29, 0.717) is 30.9 Å². The molecular formula is C21H31N7O3. The van der Waals surface area contributed by atoms with Crippen LogP contribution >= 0.6 is 0 Å². The van der Waals surface area contributed by atoms with Crippen molar-refractivity contribution in [3.8, 4) is 0 Å². The average Bonchev–Trinajstić information content (AvgIpc) is 3.22. The second-order valence-corrected chi connectivity index (χ2v) is 7.62. The second kappa shape index (κ2) is 11.4. The van der Waals surface area contributed by atoms with Gasteiger partial charge >= 0.3 is 6.03 Å². The Labute approximate surface area is 182 Å². The molecule has 168 valence electrons. The van der Waals surface area contributed by atoms with Crippen LogP contribution in [0.3, 0.4) is 0 Å². The fourth-order valence-corrected chi connectivity index (χ4v) is 3.29. The van der Waals surface area contributed by atoms with Crippen LogP contribution in [0.5, 0.6) is 0 Å². The number of carbonyl (C=O) groups excluding carboxylic acids is 2. The molecule has 1 aliphatic heterocycles. The van der Waals surface area contributed by atoms with Crippen LogP contribution in [0.1, 0.15) is 22.5 Å². The van der Waals surface area contributed by atoms with Crippen LogP contribution in [0.2, 0.25) is 0 Å². The van der Waals surface area contributed by atoms with E-state index in [9.17, 15) is 9.59 Å². The molecular weight excluding hydrogens is 398 g/mol. The average molecular weight is 430 g/mol. The highest BCUT2D eigenvalue weighted by molar-refractivity contribution is 6.08. The van der Waals surface area contributed by atoms with Gasteiger partial charge in [-0.2, -0.15) is 5.10 Å². The van der Waals surface area contributed by atoms with Crippen molar-refractivity contribution in [2.75, 3.05) is 64.1 Å². The van der Waals surface area contributed by atoms with Gasteiger partial charge in [0.15, 0.2) is 0 Å². The number of aromatic amines is 1. The highest BCUT2D eigenvalue weighted by Gasteiger charge is 2.17. The third-order valence-corrected chi connectivity index (χ3v) is 5.14. The summed E-state index contributed by atoms with van der Waals surface area (Å²) in [5.74, 6) is -0.376. The predicted molar refractivity (Wildman–Crippen MR) is 119 cm³/mol. The maximum atomic E-state index is 12.6. The molecule has 0 saturated carbocycles. The van der Waals surface area contributed by atoms with E-state index < -0.39 is 6.03 Å². The number of anilines is 2. The number of piperazine rings is 1. The molecule has 10 heteroatoms. The summed E-state index contributed by atoms with van der Waals surface area (Å²) in [6, 6.07) is 7.41. The number of ether oxygens (including phenoxy) is 1. The SMILES string of the molecule is COCCCNC(=O)Nc1cn[nH]c1C(=O)Nc1ccc(CN2CCN(C)CC2)cc1. The summed E-state index contributed by atoms with van der Waals surface area (Å²) in [6.07, 6.45) is 2.11. The van der Waals surface area contributed by atoms with Crippen molar-refractivity contribution in [1.29, 1.82) is 0 Å². The van der Waals surface area contributed by atoms with Gasteiger partial charge in [-0.15, -0.1) is 0 Å². The standard InChI is InChI=1S/C21H31N7O3/c1-27-9-11-28(12-10-27)15-16-4-6-17(7-5-16)24-20(29)19-18(14-23-26-19)25-21(30)22-8-3-13-31-2/h4-7,14H,3,8-13,15H2,1-2H3,(H,23,26)(H,24,29)(H2,22,25,30). The predicted octanol–water partition coefficient (Wildman–Crippen LogP) is 1.57. The summed E-state index contributed by atoms with van der Waals surface area (Å²) in [7, 11) is 3.75. The number of benzene rings is 1. The molecule has 4 N–H and O–H groups in total. The minimum absolute atomic E-state index is 0.188. The maximum absolute atomic E-state index is 12.6. The molecule has 31 heavy (non-hydrogen) atoms. The molecule has 1 fully saturated rings. The molecule has 2 heterocycles.